The first-order chi connectivity index (χ1) is 8.82. The zero-order valence-electron chi connectivity index (χ0n) is 9.43. The molecule has 0 aromatic carbocycles. The summed E-state index contributed by atoms with van der Waals surface area (Å²) >= 11 is 0. The highest BCUT2D eigenvalue weighted by Gasteiger charge is 2.46. The first kappa shape index (κ1) is 14.3. The SMILES string of the molecule is O=c1[nH]c(=O)n([C@@H]2O[C@H](C(O)P)[C@@H](O)[C@H]2O)cc1F. The Morgan fingerprint density at radius 3 is 2.58 bits per heavy atom. The van der Waals surface area contributed by atoms with Gasteiger partial charge in [-0.15, -0.1) is 9.24 Å². The number of rotatable bonds is 2. The van der Waals surface area contributed by atoms with E-state index >= 15 is 0 Å². The third-order valence-electron chi connectivity index (χ3n) is 2.81. The number of aromatic amines is 1. The lowest BCUT2D eigenvalue weighted by atomic mass is 10.1. The highest BCUT2D eigenvalue weighted by atomic mass is 31.0. The molecule has 0 amide bonds. The van der Waals surface area contributed by atoms with Gasteiger partial charge >= 0.3 is 5.69 Å². The van der Waals surface area contributed by atoms with E-state index in [1.165, 1.54) is 0 Å². The minimum absolute atomic E-state index is 0.569. The van der Waals surface area contributed by atoms with Crippen molar-refractivity contribution in [3.8, 4) is 0 Å². The van der Waals surface area contributed by atoms with E-state index in [-0.39, 0.29) is 0 Å². The number of ether oxygens (including phenoxy) is 1. The quantitative estimate of drug-likeness (QED) is 0.446. The summed E-state index contributed by atoms with van der Waals surface area (Å²) in [5, 5.41) is 28.7. The van der Waals surface area contributed by atoms with Crippen LogP contribution >= 0.6 is 9.24 Å². The molecular weight excluding hydrogens is 282 g/mol. The molecule has 2 rings (SSSR count). The summed E-state index contributed by atoms with van der Waals surface area (Å²) in [7, 11) is 1.96. The second-order valence-corrected chi connectivity index (χ2v) is 4.79. The molecular formula is C9H12FN2O6P. The van der Waals surface area contributed by atoms with Gasteiger partial charge < -0.3 is 20.1 Å². The van der Waals surface area contributed by atoms with Gasteiger partial charge in [-0.3, -0.25) is 14.3 Å². The van der Waals surface area contributed by atoms with Gasteiger partial charge in [0.1, 0.15) is 18.3 Å². The van der Waals surface area contributed by atoms with E-state index in [1.807, 2.05) is 9.24 Å². The van der Waals surface area contributed by atoms with Crippen molar-refractivity contribution in [2.45, 2.75) is 30.4 Å². The van der Waals surface area contributed by atoms with Gasteiger partial charge in [0.05, 0.1) is 12.0 Å². The molecule has 1 aromatic heterocycles. The predicted molar refractivity (Wildman–Crippen MR) is 62.9 cm³/mol. The average Bonchev–Trinajstić information content (AvgIpc) is 2.62. The summed E-state index contributed by atoms with van der Waals surface area (Å²) < 4.78 is 18.9. The normalized spacial score (nSPS) is 32.5. The highest BCUT2D eigenvalue weighted by molar-refractivity contribution is 7.17. The fourth-order valence-corrected chi connectivity index (χ4v) is 2.17. The van der Waals surface area contributed by atoms with Crippen LogP contribution in [0.3, 0.4) is 0 Å². The number of nitrogens with one attached hydrogen (secondary N) is 1. The Kier molecular flexibility index (Phi) is 3.84. The Hall–Kier alpha value is -1.12. The van der Waals surface area contributed by atoms with Crippen LogP contribution in [0.15, 0.2) is 15.8 Å². The molecule has 106 valence electrons. The summed E-state index contributed by atoms with van der Waals surface area (Å²) in [6.45, 7) is 0. The van der Waals surface area contributed by atoms with E-state index < -0.39 is 47.5 Å². The summed E-state index contributed by atoms with van der Waals surface area (Å²) in [4.78, 5) is 24.1. The molecule has 0 saturated carbocycles. The smallest absolute Gasteiger partial charge is 0.330 e. The van der Waals surface area contributed by atoms with E-state index in [0.717, 1.165) is 0 Å². The number of aliphatic hydroxyl groups is 3. The van der Waals surface area contributed by atoms with Crippen LogP contribution in [0.2, 0.25) is 0 Å². The van der Waals surface area contributed by atoms with Gasteiger partial charge in [0.25, 0.3) is 5.56 Å². The lowest BCUT2D eigenvalue weighted by Gasteiger charge is -2.17. The molecule has 4 N–H and O–H groups in total. The van der Waals surface area contributed by atoms with E-state index in [1.54, 1.807) is 4.98 Å². The summed E-state index contributed by atoms with van der Waals surface area (Å²) in [5.74, 6) is -2.42. The summed E-state index contributed by atoms with van der Waals surface area (Å²) in [6, 6.07) is 0. The lowest BCUT2D eigenvalue weighted by molar-refractivity contribution is -0.0635. The lowest BCUT2D eigenvalue weighted by Crippen LogP contribution is -2.39. The van der Waals surface area contributed by atoms with Crippen LogP contribution < -0.4 is 11.2 Å². The Morgan fingerprint density at radius 2 is 2.05 bits per heavy atom. The fraction of sp³-hybridized carbons (Fsp3) is 0.556. The van der Waals surface area contributed by atoms with Crippen molar-refractivity contribution >= 4 is 9.24 Å². The molecule has 0 spiro atoms. The molecule has 10 heteroatoms. The van der Waals surface area contributed by atoms with Crippen molar-refractivity contribution in [1.82, 2.24) is 9.55 Å². The van der Waals surface area contributed by atoms with Gasteiger partial charge in [-0.1, -0.05) is 0 Å². The van der Waals surface area contributed by atoms with Gasteiger partial charge in [0.15, 0.2) is 6.23 Å². The van der Waals surface area contributed by atoms with Gasteiger partial charge in [-0.25, -0.2) is 4.79 Å². The number of hydrogen-bond acceptors (Lipinski definition) is 6. The molecule has 2 heterocycles. The van der Waals surface area contributed by atoms with Crippen LogP contribution in [0.4, 0.5) is 4.39 Å². The molecule has 6 atom stereocenters. The molecule has 2 unspecified atom stereocenters. The van der Waals surface area contributed by atoms with Crippen molar-refractivity contribution in [2.75, 3.05) is 0 Å². The van der Waals surface area contributed by atoms with Crippen molar-refractivity contribution in [1.29, 1.82) is 0 Å². The van der Waals surface area contributed by atoms with Crippen LogP contribution in [0, 0.1) is 5.82 Å². The molecule has 1 fully saturated rings. The molecule has 19 heavy (non-hydrogen) atoms. The number of hydrogen-bond donors (Lipinski definition) is 4. The Labute approximate surface area is 107 Å². The average molecular weight is 294 g/mol. The van der Waals surface area contributed by atoms with Gasteiger partial charge in [0, 0.05) is 0 Å². The van der Waals surface area contributed by atoms with Crippen molar-refractivity contribution < 1.29 is 24.4 Å². The van der Waals surface area contributed by atoms with Crippen LogP contribution in [0.1, 0.15) is 6.23 Å². The maximum atomic E-state index is 13.1. The number of H-pyrrole nitrogens is 1. The monoisotopic (exact) mass is 294 g/mol. The minimum Gasteiger partial charge on any atom is -0.387 e. The van der Waals surface area contributed by atoms with E-state index in [0.29, 0.717) is 10.8 Å². The van der Waals surface area contributed by atoms with Crippen molar-refractivity contribution in [3.05, 3.63) is 32.9 Å². The Morgan fingerprint density at radius 1 is 1.42 bits per heavy atom. The van der Waals surface area contributed by atoms with Crippen LogP contribution in [0.5, 0.6) is 0 Å². The summed E-state index contributed by atoms with van der Waals surface area (Å²) in [5.41, 5.74) is -2.20. The molecule has 1 saturated heterocycles. The first-order valence-electron chi connectivity index (χ1n) is 5.29. The fourth-order valence-electron chi connectivity index (χ4n) is 1.85. The maximum absolute atomic E-state index is 13.1. The highest BCUT2D eigenvalue weighted by Crippen LogP contribution is 2.31. The van der Waals surface area contributed by atoms with Gasteiger partial charge in [0.2, 0.25) is 5.82 Å². The number of halogens is 1. The topological polar surface area (TPSA) is 125 Å². The Balaban J connectivity index is 2.41. The number of aromatic nitrogens is 2. The predicted octanol–water partition coefficient (Wildman–Crippen LogP) is -2.51. The number of aliphatic hydroxyl groups excluding tert-OH is 3. The largest absolute Gasteiger partial charge is 0.387 e. The van der Waals surface area contributed by atoms with Gasteiger partial charge in [-0.2, -0.15) is 4.39 Å². The van der Waals surface area contributed by atoms with E-state index in [9.17, 15) is 29.3 Å². The standard InChI is InChI=1S/C9H12FN2O6P/c10-2-1-12(9(17)11-6(2)15)7-4(14)3(13)5(18-7)8(16)19/h1,3-5,7-8,13-14,16H,19H2,(H,11,15,17)/t3-,4+,5-,7+,8?/m0/s1. The third kappa shape index (κ3) is 2.47. The summed E-state index contributed by atoms with van der Waals surface area (Å²) in [6.07, 6.45) is -5.01. The van der Waals surface area contributed by atoms with E-state index in [4.69, 9.17) is 4.74 Å². The molecule has 1 aromatic rings. The maximum Gasteiger partial charge on any atom is 0.330 e. The molecule has 0 aliphatic carbocycles. The van der Waals surface area contributed by atoms with E-state index in [2.05, 4.69) is 0 Å². The second-order valence-electron chi connectivity index (χ2n) is 4.11. The molecule has 0 bridgehead atoms. The minimum atomic E-state index is -1.55. The third-order valence-corrected chi connectivity index (χ3v) is 3.19. The second kappa shape index (κ2) is 5.10. The zero-order valence-corrected chi connectivity index (χ0v) is 10.6. The molecule has 0 radical (unpaired) electrons. The van der Waals surface area contributed by atoms with Crippen molar-refractivity contribution in [3.63, 3.8) is 0 Å². The molecule has 1 aliphatic rings. The van der Waals surface area contributed by atoms with Crippen molar-refractivity contribution in [2.24, 2.45) is 0 Å². The zero-order chi connectivity index (χ0) is 14.3. The van der Waals surface area contributed by atoms with Crippen LogP contribution in [0.25, 0.3) is 0 Å². The van der Waals surface area contributed by atoms with Gasteiger partial charge in [-0.05, 0) is 0 Å². The van der Waals surface area contributed by atoms with Crippen LogP contribution in [-0.4, -0.2) is 49.0 Å². The van der Waals surface area contributed by atoms with Crippen LogP contribution in [-0.2, 0) is 4.74 Å². The number of nitrogens with zero attached hydrogens (tertiary/aromatic N) is 1. The molecule has 1 aliphatic heterocycles. The molecule has 8 nitrogen and oxygen atoms in total. The first-order valence-corrected chi connectivity index (χ1v) is 5.96. The Bertz CT molecular complexity index is 587.